The topological polar surface area (TPSA) is 29.1 Å². The molecule has 2 aliphatic heterocycles. The van der Waals surface area contributed by atoms with E-state index in [1.807, 2.05) is 12.1 Å². The van der Waals surface area contributed by atoms with E-state index >= 15 is 0 Å². The summed E-state index contributed by atoms with van der Waals surface area (Å²) < 4.78 is 0.878. The Morgan fingerprint density at radius 3 is 3.00 bits per heavy atom. The Morgan fingerprint density at radius 2 is 2.12 bits per heavy atom. The summed E-state index contributed by atoms with van der Waals surface area (Å²) in [4.78, 5) is 12.3. The van der Waals surface area contributed by atoms with Crippen molar-refractivity contribution in [2.75, 3.05) is 18.9 Å². The Bertz CT molecular complexity index is 457. The molecule has 2 aliphatic rings. The molecule has 1 N–H and O–H groups in total. The SMILES string of the molecule is C[N+]12CCCCC1C(=O)Nc1ccccc1C2. The van der Waals surface area contributed by atoms with Gasteiger partial charge < -0.3 is 9.80 Å². The van der Waals surface area contributed by atoms with Crippen LogP contribution in [0.2, 0.25) is 0 Å². The van der Waals surface area contributed by atoms with Gasteiger partial charge in [0.2, 0.25) is 0 Å². The molecular weight excluding hydrogens is 212 g/mol. The second-order valence-electron chi connectivity index (χ2n) is 5.52. The number of rotatable bonds is 0. The van der Waals surface area contributed by atoms with Crippen molar-refractivity contribution in [1.29, 1.82) is 0 Å². The van der Waals surface area contributed by atoms with Crippen LogP contribution in [0.25, 0.3) is 0 Å². The molecule has 3 nitrogen and oxygen atoms in total. The molecule has 0 saturated carbocycles. The van der Waals surface area contributed by atoms with Crippen LogP contribution >= 0.6 is 0 Å². The number of benzene rings is 1. The Hall–Kier alpha value is -1.35. The van der Waals surface area contributed by atoms with Crippen molar-refractivity contribution in [2.24, 2.45) is 0 Å². The van der Waals surface area contributed by atoms with Crippen molar-refractivity contribution in [2.45, 2.75) is 31.8 Å². The molecule has 1 aromatic rings. The van der Waals surface area contributed by atoms with Crippen molar-refractivity contribution < 1.29 is 9.28 Å². The highest BCUT2D eigenvalue weighted by atomic mass is 16.2. The van der Waals surface area contributed by atoms with Crippen LogP contribution in [0.3, 0.4) is 0 Å². The maximum absolute atomic E-state index is 12.3. The maximum Gasteiger partial charge on any atom is 0.282 e. The first-order valence-electron chi connectivity index (χ1n) is 6.42. The van der Waals surface area contributed by atoms with Crippen LogP contribution in [-0.2, 0) is 11.3 Å². The predicted molar refractivity (Wildman–Crippen MR) is 67.5 cm³/mol. The number of carbonyl (C=O) groups is 1. The number of likely N-dealkylation sites (N-methyl/N-ethyl adjacent to an activating group) is 1. The van der Waals surface area contributed by atoms with E-state index < -0.39 is 0 Å². The lowest BCUT2D eigenvalue weighted by Gasteiger charge is -2.42. The number of hydrogen-bond donors (Lipinski definition) is 1. The highest BCUT2D eigenvalue weighted by Gasteiger charge is 2.42. The van der Waals surface area contributed by atoms with Crippen LogP contribution in [0.1, 0.15) is 24.8 Å². The van der Waals surface area contributed by atoms with E-state index in [0.717, 1.165) is 29.7 Å². The van der Waals surface area contributed by atoms with Crippen LogP contribution < -0.4 is 5.32 Å². The highest BCUT2D eigenvalue weighted by molar-refractivity contribution is 5.95. The molecule has 1 saturated heterocycles. The number of hydrogen-bond acceptors (Lipinski definition) is 1. The minimum absolute atomic E-state index is 0.135. The molecule has 90 valence electrons. The number of quaternary nitrogens is 1. The van der Waals surface area contributed by atoms with E-state index in [0.29, 0.717) is 0 Å². The summed E-state index contributed by atoms with van der Waals surface area (Å²) in [7, 11) is 2.23. The lowest BCUT2D eigenvalue weighted by atomic mass is 9.98. The second kappa shape index (κ2) is 3.84. The first kappa shape index (κ1) is 10.8. The van der Waals surface area contributed by atoms with Gasteiger partial charge in [-0.1, -0.05) is 18.2 Å². The molecule has 0 radical (unpaired) electrons. The van der Waals surface area contributed by atoms with Crippen molar-refractivity contribution in [3.05, 3.63) is 29.8 Å². The molecular formula is C14H19N2O+. The van der Waals surface area contributed by atoms with E-state index in [4.69, 9.17) is 0 Å². The van der Waals surface area contributed by atoms with Gasteiger partial charge in [0.15, 0.2) is 6.04 Å². The Balaban J connectivity index is 2.04. The molecule has 3 rings (SSSR count). The van der Waals surface area contributed by atoms with E-state index in [9.17, 15) is 4.79 Å². The quantitative estimate of drug-likeness (QED) is 0.681. The van der Waals surface area contributed by atoms with E-state index in [-0.39, 0.29) is 11.9 Å². The van der Waals surface area contributed by atoms with Gasteiger partial charge in [0.1, 0.15) is 6.54 Å². The fourth-order valence-corrected chi connectivity index (χ4v) is 3.27. The molecule has 1 aromatic carbocycles. The summed E-state index contributed by atoms with van der Waals surface area (Å²) in [6.45, 7) is 2.09. The lowest BCUT2D eigenvalue weighted by Crippen LogP contribution is -2.57. The summed E-state index contributed by atoms with van der Waals surface area (Å²) >= 11 is 0. The third kappa shape index (κ3) is 1.75. The molecule has 1 amide bonds. The standard InChI is InChI=1S/C14H18N2O/c1-16-9-5-4-8-13(16)14(17)15-12-7-3-2-6-11(12)10-16/h2-3,6-7,13H,4-5,8-10H2,1H3/p+1. The number of nitrogens with zero attached hydrogens (tertiary/aromatic N) is 1. The summed E-state index contributed by atoms with van der Waals surface area (Å²) in [6, 6.07) is 8.33. The van der Waals surface area contributed by atoms with Crippen LogP contribution in [0.4, 0.5) is 5.69 Å². The molecule has 2 atom stereocenters. The number of carbonyl (C=O) groups excluding carboxylic acids is 1. The second-order valence-corrected chi connectivity index (χ2v) is 5.52. The third-order valence-electron chi connectivity index (χ3n) is 4.26. The highest BCUT2D eigenvalue weighted by Crippen LogP contribution is 2.32. The zero-order valence-electron chi connectivity index (χ0n) is 10.3. The molecule has 0 bridgehead atoms. The van der Waals surface area contributed by atoms with Crippen LogP contribution in [0, 0.1) is 0 Å². The lowest BCUT2D eigenvalue weighted by molar-refractivity contribution is -0.941. The van der Waals surface area contributed by atoms with Gasteiger partial charge in [-0.05, 0) is 18.9 Å². The average molecular weight is 231 g/mol. The van der Waals surface area contributed by atoms with Crippen LogP contribution in [-0.4, -0.2) is 30.0 Å². The van der Waals surface area contributed by atoms with Gasteiger partial charge in [-0.3, -0.25) is 4.79 Å². The Morgan fingerprint density at radius 1 is 1.29 bits per heavy atom. The normalized spacial score (nSPS) is 32.1. The smallest absolute Gasteiger partial charge is 0.282 e. The molecule has 0 aromatic heterocycles. The number of para-hydroxylation sites is 1. The summed E-state index contributed by atoms with van der Waals surface area (Å²) in [5, 5.41) is 3.09. The third-order valence-corrected chi connectivity index (χ3v) is 4.26. The molecule has 0 aliphatic carbocycles. The minimum Gasteiger partial charge on any atom is -0.320 e. The van der Waals surface area contributed by atoms with Gasteiger partial charge >= 0.3 is 0 Å². The maximum atomic E-state index is 12.3. The number of fused-ring (bicyclic) bond motifs is 2. The van der Waals surface area contributed by atoms with Crippen molar-refractivity contribution in [1.82, 2.24) is 0 Å². The van der Waals surface area contributed by atoms with Crippen molar-refractivity contribution >= 4 is 11.6 Å². The van der Waals surface area contributed by atoms with Crippen LogP contribution in [0.15, 0.2) is 24.3 Å². The molecule has 1 fully saturated rings. The Labute approximate surface area is 102 Å². The first-order chi connectivity index (χ1) is 8.19. The van der Waals surface area contributed by atoms with Gasteiger partial charge in [-0.2, -0.15) is 0 Å². The summed E-state index contributed by atoms with van der Waals surface area (Å²) in [5.74, 6) is 0.206. The van der Waals surface area contributed by atoms with E-state index in [1.165, 1.54) is 18.4 Å². The van der Waals surface area contributed by atoms with Gasteiger partial charge in [0.25, 0.3) is 5.91 Å². The van der Waals surface area contributed by atoms with E-state index in [2.05, 4.69) is 24.5 Å². The fraction of sp³-hybridized carbons (Fsp3) is 0.500. The van der Waals surface area contributed by atoms with Crippen molar-refractivity contribution in [3.8, 4) is 0 Å². The number of amides is 1. The number of piperidine rings is 1. The molecule has 2 heterocycles. The predicted octanol–water partition coefficient (Wildman–Crippen LogP) is 2.14. The fourth-order valence-electron chi connectivity index (χ4n) is 3.27. The Kier molecular flexibility index (Phi) is 2.44. The average Bonchev–Trinajstić information content (AvgIpc) is 2.42. The zero-order valence-corrected chi connectivity index (χ0v) is 10.3. The first-order valence-corrected chi connectivity index (χ1v) is 6.42. The van der Waals surface area contributed by atoms with Crippen molar-refractivity contribution in [3.63, 3.8) is 0 Å². The van der Waals surface area contributed by atoms with Crippen LogP contribution in [0.5, 0.6) is 0 Å². The van der Waals surface area contributed by atoms with Gasteiger partial charge in [0, 0.05) is 17.7 Å². The monoisotopic (exact) mass is 231 g/mol. The van der Waals surface area contributed by atoms with Gasteiger partial charge in [-0.15, -0.1) is 0 Å². The van der Waals surface area contributed by atoms with Gasteiger partial charge in [-0.25, -0.2) is 0 Å². The summed E-state index contributed by atoms with van der Waals surface area (Å²) in [5.41, 5.74) is 2.28. The number of anilines is 1. The summed E-state index contributed by atoms with van der Waals surface area (Å²) in [6.07, 6.45) is 3.45. The molecule has 0 spiro atoms. The van der Waals surface area contributed by atoms with Gasteiger partial charge in [0.05, 0.1) is 13.6 Å². The molecule has 2 unspecified atom stereocenters. The minimum atomic E-state index is 0.135. The molecule has 17 heavy (non-hydrogen) atoms. The largest absolute Gasteiger partial charge is 0.320 e. The van der Waals surface area contributed by atoms with E-state index in [1.54, 1.807) is 0 Å². The molecule has 3 heteroatoms. The number of nitrogens with one attached hydrogen (secondary N) is 1. The zero-order chi connectivity index (χ0) is 11.9.